The highest BCUT2D eigenvalue weighted by molar-refractivity contribution is 7.97. The fraction of sp³-hybridized carbons (Fsp3) is 0.0833. The molecule has 0 bridgehead atoms. The molecule has 4 rings (SSSR count). The highest BCUT2D eigenvalue weighted by Gasteiger charge is 2.07. The fourth-order valence-electron chi connectivity index (χ4n) is 2.98. The lowest BCUT2D eigenvalue weighted by Crippen LogP contribution is -2.35. The van der Waals surface area contributed by atoms with Gasteiger partial charge in [0.05, 0.1) is 0 Å². The van der Waals surface area contributed by atoms with Crippen LogP contribution in [0.15, 0.2) is 110 Å². The molecule has 0 saturated carbocycles. The number of nitrogens with zero attached hydrogens (tertiary/aromatic N) is 2. The van der Waals surface area contributed by atoms with E-state index in [1.165, 1.54) is 22.3 Å². The first-order chi connectivity index (χ1) is 13.4. The molecule has 0 N–H and O–H groups in total. The highest BCUT2D eigenvalue weighted by atomic mass is 32.2. The summed E-state index contributed by atoms with van der Waals surface area (Å²) in [6.07, 6.45) is 8.61. The van der Waals surface area contributed by atoms with Crippen LogP contribution in [-0.4, -0.2) is 0 Å². The van der Waals surface area contributed by atoms with Crippen molar-refractivity contribution in [3.8, 4) is 22.3 Å². The molecule has 0 fully saturated rings. The van der Waals surface area contributed by atoms with Crippen LogP contribution in [0.1, 0.15) is 0 Å². The zero-order valence-electron chi connectivity index (χ0n) is 15.1. The van der Waals surface area contributed by atoms with Gasteiger partial charge in [0.25, 0.3) is 0 Å². The van der Waals surface area contributed by atoms with Gasteiger partial charge in [-0.05, 0) is 34.0 Å². The van der Waals surface area contributed by atoms with Gasteiger partial charge in [-0.3, -0.25) is 0 Å². The number of pyridine rings is 2. The van der Waals surface area contributed by atoms with Crippen LogP contribution in [-0.2, 0) is 11.8 Å². The Hall–Kier alpha value is -2.91. The van der Waals surface area contributed by atoms with Crippen LogP contribution in [0.25, 0.3) is 22.3 Å². The summed E-state index contributed by atoms with van der Waals surface area (Å²) in [5.41, 5.74) is 5.02. The summed E-state index contributed by atoms with van der Waals surface area (Å²) < 4.78 is 4.44. The topological polar surface area (TPSA) is 7.76 Å². The van der Waals surface area contributed by atoms with E-state index in [0.717, 1.165) is 11.8 Å². The zero-order chi connectivity index (χ0) is 18.3. The molecule has 2 aromatic carbocycles. The standard InChI is InChI=1S/C24H22N2S/c1-3-7-21(8-4-1)23-11-15-25(16-12-23)19-27-20-26-17-13-24(14-18-26)22-9-5-2-6-10-22/h1-18H,19-20H2/q+2. The van der Waals surface area contributed by atoms with Crippen LogP contribution in [0.4, 0.5) is 0 Å². The van der Waals surface area contributed by atoms with Crippen molar-refractivity contribution in [1.82, 2.24) is 0 Å². The van der Waals surface area contributed by atoms with E-state index in [9.17, 15) is 0 Å². The first-order valence-corrected chi connectivity index (χ1v) is 10.2. The minimum Gasteiger partial charge on any atom is -0.195 e. The first kappa shape index (κ1) is 17.5. The molecule has 0 aliphatic rings. The van der Waals surface area contributed by atoms with E-state index in [1.54, 1.807) is 0 Å². The van der Waals surface area contributed by atoms with Gasteiger partial charge >= 0.3 is 0 Å². The van der Waals surface area contributed by atoms with Crippen LogP contribution in [0, 0.1) is 0 Å². The maximum atomic E-state index is 2.22. The van der Waals surface area contributed by atoms with Crippen molar-refractivity contribution in [2.75, 3.05) is 0 Å². The summed E-state index contributed by atoms with van der Waals surface area (Å²) in [6, 6.07) is 29.7. The van der Waals surface area contributed by atoms with Crippen LogP contribution in [0.2, 0.25) is 0 Å². The van der Waals surface area contributed by atoms with E-state index in [4.69, 9.17) is 0 Å². The third kappa shape index (κ3) is 4.63. The molecule has 2 nitrogen and oxygen atoms in total. The molecule has 0 aliphatic heterocycles. The Morgan fingerprint density at radius 3 is 1.15 bits per heavy atom. The van der Waals surface area contributed by atoms with Gasteiger partial charge in [-0.25, -0.2) is 0 Å². The molecule has 0 aliphatic carbocycles. The molecule has 0 saturated heterocycles. The van der Waals surface area contributed by atoms with Crippen molar-refractivity contribution in [2.45, 2.75) is 11.8 Å². The van der Waals surface area contributed by atoms with Gasteiger partial charge in [-0.1, -0.05) is 60.7 Å². The SMILES string of the molecule is c1ccc(-c2cc[n+](CSC[n+]3ccc(-c4ccccc4)cc3)cc2)cc1. The number of aromatic nitrogens is 2. The second-order valence-corrected chi connectivity index (χ2v) is 7.32. The Kier molecular flexibility index (Phi) is 5.61. The lowest BCUT2D eigenvalue weighted by molar-refractivity contribution is -0.686. The van der Waals surface area contributed by atoms with Crippen molar-refractivity contribution in [3.63, 3.8) is 0 Å². The Morgan fingerprint density at radius 2 is 0.778 bits per heavy atom. The zero-order valence-corrected chi connectivity index (χ0v) is 15.9. The van der Waals surface area contributed by atoms with Crippen molar-refractivity contribution in [2.24, 2.45) is 0 Å². The molecule has 0 radical (unpaired) electrons. The molecule has 4 aromatic rings. The predicted octanol–water partition coefficient (Wildman–Crippen LogP) is 4.94. The largest absolute Gasteiger partial charge is 0.200 e. The second kappa shape index (κ2) is 8.65. The second-order valence-electron chi connectivity index (χ2n) is 6.40. The average molecular weight is 371 g/mol. The van der Waals surface area contributed by atoms with Gasteiger partial charge in [0.2, 0.25) is 0 Å². The summed E-state index contributed by atoms with van der Waals surface area (Å²) in [5.74, 6) is 1.87. The normalized spacial score (nSPS) is 10.7. The van der Waals surface area contributed by atoms with Gasteiger partial charge in [-0.15, -0.1) is 0 Å². The number of thioether (sulfide) groups is 1. The Balaban J connectivity index is 1.32. The molecule has 0 atom stereocenters. The molecule has 0 unspecified atom stereocenters. The van der Waals surface area contributed by atoms with Crippen LogP contribution >= 0.6 is 11.8 Å². The predicted molar refractivity (Wildman–Crippen MR) is 112 cm³/mol. The molecule has 2 heterocycles. The van der Waals surface area contributed by atoms with E-state index in [0.29, 0.717) is 0 Å². The lowest BCUT2D eigenvalue weighted by Gasteiger charge is -2.01. The third-order valence-corrected chi connectivity index (χ3v) is 5.44. The molecule has 27 heavy (non-hydrogen) atoms. The summed E-state index contributed by atoms with van der Waals surface area (Å²) in [4.78, 5) is 0. The van der Waals surface area contributed by atoms with Gasteiger partial charge < -0.3 is 0 Å². The van der Waals surface area contributed by atoms with Crippen molar-refractivity contribution < 1.29 is 9.13 Å². The lowest BCUT2D eigenvalue weighted by atomic mass is 10.1. The average Bonchev–Trinajstić information content (AvgIpc) is 2.76. The van der Waals surface area contributed by atoms with E-state index in [2.05, 4.69) is 107 Å². The molecular formula is C24H22N2S+2. The summed E-state index contributed by atoms with van der Waals surface area (Å²) in [5, 5.41) is 0. The van der Waals surface area contributed by atoms with E-state index < -0.39 is 0 Å². The monoisotopic (exact) mass is 370 g/mol. The van der Waals surface area contributed by atoms with Crippen LogP contribution in [0.5, 0.6) is 0 Å². The first-order valence-electron chi connectivity index (χ1n) is 9.05. The number of hydrogen-bond donors (Lipinski definition) is 0. The van der Waals surface area contributed by atoms with Gasteiger partial charge in [-0.2, -0.15) is 9.13 Å². The third-order valence-electron chi connectivity index (χ3n) is 4.48. The molecule has 132 valence electrons. The van der Waals surface area contributed by atoms with Crippen molar-refractivity contribution in [3.05, 3.63) is 110 Å². The van der Waals surface area contributed by atoms with Gasteiger partial charge in [0.15, 0.2) is 36.5 Å². The molecule has 3 heteroatoms. The van der Waals surface area contributed by atoms with Gasteiger partial charge in [0, 0.05) is 24.3 Å². The summed E-state index contributed by atoms with van der Waals surface area (Å²) in [6.45, 7) is 0. The van der Waals surface area contributed by atoms with E-state index in [-0.39, 0.29) is 0 Å². The Labute approximate surface area is 164 Å². The molecule has 0 spiro atoms. The molecule has 0 amide bonds. The van der Waals surface area contributed by atoms with Crippen LogP contribution < -0.4 is 9.13 Å². The fourth-order valence-corrected chi connectivity index (χ4v) is 3.83. The molecule has 2 aromatic heterocycles. The Morgan fingerprint density at radius 1 is 0.444 bits per heavy atom. The minimum absolute atomic E-state index is 0.933. The quantitative estimate of drug-likeness (QED) is 0.436. The summed E-state index contributed by atoms with van der Waals surface area (Å²) >= 11 is 1.89. The number of rotatable bonds is 6. The van der Waals surface area contributed by atoms with Crippen LogP contribution in [0.3, 0.4) is 0 Å². The summed E-state index contributed by atoms with van der Waals surface area (Å²) in [7, 11) is 0. The number of hydrogen-bond acceptors (Lipinski definition) is 1. The van der Waals surface area contributed by atoms with E-state index in [1.807, 2.05) is 23.9 Å². The molecular weight excluding hydrogens is 348 g/mol. The Bertz CT molecular complexity index is 883. The van der Waals surface area contributed by atoms with E-state index >= 15 is 0 Å². The van der Waals surface area contributed by atoms with Crippen molar-refractivity contribution in [1.29, 1.82) is 0 Å². The smallest absolute Gasteiger partial charge is 0.195 e. The maximum absolute atomic E-state index is 2.22. The number of benzene rings is 2. The highest BCUT2D eigenvalue weighted by Crippen LogP contribution is 2.18. The maximum Gasteiger partial charge on any atom is 0.200 e. The minimum atomic E-state index is 0.933. The van der Waals surface area contributed by atoms with Crippen molar-refractivity contribution >= 4 is 11.8 Å². The van der Waals surface area contributed by atoms with Gasteiger partial charge in [0.1, 0.15) is 0 Å².